The normalized spacial score (nSPS) is 25.0. The van der Waals surface area contributed by atoms with E-state index in [0.29, 0.717) is 12.5 Å². The van der Waals surface area contributed by atoms with Crippen molar-refractivity contribution >= 4 is 0 Å². The molecule has 0 aromatic heterocycles. The lowest BCUT2D eigenvalue weighted by atomic mass is 9.99. The van der Waals surface area contributed by atoms with Gasteiger partial charge in [-0.05, 0) is 26.0 Å². The first kappa shape index (κ1) is 13.1. The third-order valence-electron chi connectivity index (χ3n) is 3.82. The van der Waals surface area contributed by atoms with Crippen LogP contribution < -0.4 is 0 Å². The van der Waals surface area contributed by atoms with Crippen LogP contribution in [0.25, 0.3) is 0 Å². The highest BCUT2D eigenvalue weighted by Gasteiger charge is 2.32. The van der Waals surface area contributed by atoms with Crippen molar-refractivity contribution in [2.75, 3.05) is 13.7 Å². The lowest BCUT2D eigenvalue weighted by Gasteiger charge is -2.33. The number of nitrogens with zero attached hydrogens (tertiary/aromatic N) is 2. The predicted octanol–water partition coefficient (Wildman–Crippen LogP) is 2.75. The Balaban J connectivity index is 2.17. The van der Waals surface area contributed by atoms with Gasteiger partial charge in [0.25, 0.3) is 0 Å². The summed E-state index contributed by atoms with van der Waals surface area (Å²) in [5, 5.41) is 9.05. The Morgan fingerprint density at radius 2 is 2.17 bits per heavy atom. The molecule has 0 N–H and O–H groups in total. The van der Waals surface area contributed by atoms with Crippen LogP contribution in [0.1, 0.15) is 31.4 Å². The van der Waals surface area contributed by atoms with Gasteiger partial charge in [0.15, 0.2) is 0 Å². The largest absolute Gasteiger partial charge is 0.377 e. The fourth-order valence-corrected chi connectivity index (χ4v) is 2.74. The second-order valence-corrected chi connectivity index (χ2v) is 4.89. The fraction of sp³-hybridized carbons (Fsp3) is 0.533. The molecule has 1 aliphatic rings. The van der Waals surface area contributed by atoms with Gasteiger partial charge >= 0.3 is 0 Å². The Labute approximate surface area is 109 Å². The van der Waals surface area contributed by atoms with Crippen LogP contribution in [0, 0.1) is 11.3 Å². The van der Waals surface area contributed by atoms with Gasteiger partial charge < -0.3 is 4.74 Å². The van der Waals surface area contributed by atoms with Gasteiger partial charge in [-0.2, -0.15) is 5.26 Å². The monoisotopic (exact) mass is 244 g/mol. The van der Waals surface area contributed by atoms with Gasteiger partial charge in [0.1, 0.15) is 0 Å². The van der Waals surface area contributed by atoms with Gasteiger partial charge in [-0.15, -0.1) is 0 Å². The Kier molecular flexibility index (Phi) is 4.35. The lowest BCUT2D eigenvalue weighted by Crippen LogP contribution is -2.39. The minimum absolute atomic E-state index is 0.158. The molecule has 1 aromatic carbocycles. The first-order valence-electron chi connectivity index (χ1n) is 6.49. The molecule has 3 atom stereocenters. The summed E-state index contributed by atoms with van der Waals surface area (Å²) in [4.78, 5) is 2.30. The van der Waals surface area contributed by atoms with Crippen LogP contribution in [-0.4, -0.2) is 30.7 Å². The van der Waals surface area contributed by atoms with E-state index < -0.39 is 0 Å². The number of likely N-dealkylation sites (N-methyl/N-ethyl adjacent to an activating group) is 1. The predicted molar refractivity (Wildman–Crippen MR) is 71.0 cm³/mol. The highest BCUT2D eigenvalue weighted by atomic mass is 16.5. The number of benzene rings is 1. The highest BCUT2D eigenvalue weighted by molar-refractivity contribution is 5.20. The van der Waals surface area contributed by atoms with Crippen molar-refractivity contribution in [3.8, 4) is 6.07 Å². The highest BCUT2D eigenvalue weighted by Crippen LogP contribution is 2.29. The van der Waals surface area contributed by atoms with Crippen LogP contribution in [0.5, 0.6) is 0 Å². The summed E-state index contributed by atoms with van der Waals surface area (Å²) in [5.74, 6) is 0. The number of hydrogen-bond acceptors (Lipinski definition) is 3. The molecular weight excluding hydrogens is 224 g/mol. The zero-order chi connectivity index (χ0) is 13.0. The molecule has 18 heavy (non-hydrogen) atoms. The summed E-state index contributed by atoms with van der Waals surface area (Å²) in [6, 6.07) is 13.1. The molecule has 96 valence electrons. The molecule has 2 rings (SSSR count). The Bertz CT molecular complexity index is 412. The van der Waals surface area contributed by atoms with Crippen LogP contribution in [0.4, 0.5) is 0 Å². The van der Waals surface area contributed by atoms with E-state index in [-0.39, 0.29) is 12.1 Å². The van der Waals surface area contributed by atoms with E-state index in [2.05, 4.69) is 37.1 Å². The van der Waals surface area contributed by atoms with Crippen molar-refractivity contribution < 1.29 is 4.74 Å². The zero-order valence-corrected chi connectivity index (χ0v) is 11.0. The van der Waals surface area contributed by atoms with E-state index in [1.54, 1.807) is 0 Å². The van der Waals surface area contributed by atoms with E-state index in [1.165, 1.54) is 5.56 Å². The summed E-state index contributed by atoms with van der Waals surface area (Å²) in [7, 11) is 2.10. The van der Waals surface area contributed by atoms with Crippen LogP contribution in [0.2, 0.25) is 0 Å². The van der Waals surface area contributed by atoms with Gasteiger partial charge in [0.2, 0.25) is 0 Å². The van der Waals surface area contributed by atoms with E-state index in [1.807, 2.05) is 18.2 Å². The zero-order valence-electron chi connectivity index (χ0n) is 11.0. The van der Waals surface area contributed by atoms with Crippen LogP contribution >= 0.6 is 0 Å². The molecule has 0 saturated carbocycles. The molecule has 3 unspecified atom stereocenters. The molecule has 0 radical (unpaired) electrons. The standard InChI is InChI=1S/C15H20N2O/c1-12-14(9-11-18-12)17(2)15(8-10-16)13-6-4-3-5-7-13/h3-7,12,14-15H,8-9,11H2,1-2H3. The van der Waals surface area contributed by atoms with Gasteiger partial charge in [0, 0.05) is 18.7 Å². The SMILES string of the molecule is CC1OCCC1N(C)C(CC#N)c1ccccc1. The smallest absolute Gasteiger partial charge is 0.0703 e. The van der Waals surface area contributed by atoms with Gasteiger partial charge in [-0.25, -0.2) is 0 Å². The molecule has 1 aromatic rings. The van der Waals surface area contributed by atoms with Crippen LogP contribution in [0.15, 0.2) is 30.3 Å². The molecule has 3 nitrogen and oxygen atoms in total. The molecule has 0 amide bonds. The van der Waals surface area contributed by atoms with Crippen molar-refractivity contribution in [3.63, 3.8) is 0 Å². The first-order chi connectivity index (χ1) is 8.74. The van der Waals surface area contributed by atoms with Crippen molar-refractivity contribution in [2.45, 2.75) is 38.0 Å². The minimum Gasteiger partial charge on any atom is -0.377 e. The number of nitriles is 1. The Morgan fingerprint density at radius 1 is 1.44 bits per heavy atom. The summed E-state index contributed by atoms with van der Waals surface area (Å²) in [6.45, 7) is 2.94. The van der Waals surface area contributed by atoms with E-state index in [4.69, 9.17) is 10.00 Å². The van der Waals surface area contributed by atoms with Crippen LogP contribution in [0.3, 0.4) is 0 Å². The molecule has 0 spiro atoms. The summed E-state index contributed by atoms with van der Waals surface area (Å²) >= 11 is 0. The third kappa shape index (κ3) is 2.72. The maximum absolute atomic E-state index is 9.05. The van der Waals surface area contributed by atoms with E-state index in [0.717, 1.165) is 13.0 Å². The molecule has 0 bridgehead atoms. The summed E-state index contributed by atoms with van der Waals surface area (Å²) in [5.41, 5.74) is 1.21. The third-order valence-corrected chi connectivity index (χ3v) is 3.82. The van der Waals surface area contributed by atoms with E-state index >= 15 is 0 Å². The lowest BCUT2D eigenvalue weighted by molar-refractivity contribution is 0.0678. The maximum Gasteiger partial charge on any atom is 0.0703 e. The second kappa shape index (κ2) is 5.99. The average Bonchev–Trinajstić information content (AvgIpc) is 2.82. The van der Waals surface area contributed by atoms with Gasteiger partial charge in [-0.3, -0.25) is 4.90 Å². The molecular formula is C15H20N2O. The molecule has 1 saturated heterocycles. The maximum atomic E-state index is 9.05. The van der Waals surface area contributed by atoms with Crippen molar-refractivity contribution in [3.05, 3.63) is 35.9 Å². The molecule has 1 heterocycles. The van der Waals surface area contributed by atoms with Crippen molar-refractivity contribution in [1.29, 1.82) is 5.26 Å². The first-order valence-corrected chi connectivity index (χ1v) is 6.49. The number of ether oxygens (including phenoxy) is 1. The molecule has 3 heteroatoms. The fourth-order valence-electron chi connectivity index (χ4n) is 2.74. The van der Waals surface area contributed by atoms with Crippen molar-refractivity contribution in [1.82, 2.24) is 4.90 Å². The number of hydrogen-bond donors (Lipinski definition) is 0. The summed E-state index contributed by atoms with van der Waals surface area (Å²) < 4.78 is 5.63. The topological polar surface area (TPSA) is 36.3 Å². The quantitative estimate of drug-likeness (QED) is 0.817. The van der Waals surface area contributed by atoms with Crippen molar-refractivity contribution in [2.24, 2.45) is 0 Å². The average molecular weight is 244 g/mol. The molecule has 0 aliphatic carbocycles. The Morgan fingerprint density at radius 3 is 2.72 bits per heavy atom. The number of rotatable bonds is 4. The van der Waals surface area contributed by atoms with Gasteiger partial charge in [-0.1, -0.05) is 30.3 Å². The Hall–Kier alpha value is -1.37. The minimum atomic E-state index is 0.158. The molecule has 1 aliphatic heterocycles. The second-order valence-electron chi connectivity index (χ2n) is 4.89. The van der Waals surface area contributed by atoms with Crippen LogP contribution in [-0.2, 0) is 4.74 Å². The molecule has 1 fully saturated rings. The summed E-state index contributed by atoms with van der Waals surface area (Å²) in [6.07, 6.45) is 1.82. The van der Waals surface area contributed by atoms with Gasteiger partial charge in [0.05, 0.1) is 18.6 Å². The van der Waals surface area contributed by atoms with E-state index in [9.17, 15) is 0 Å².